The van der Waals surface area contributed by atoms with Crippen LogP contribution in [-0.2, 0) is 19.4 Å². The van der Waals surface area contributed by atoms with E-state index in [1.165, 1.54) is 12.1 Å². The molecule has 1 amide bonds. The molecule has 232 valence electrons. The molecule has 1 N–H and O–H groups in total. The van der Waals surface area contributed by atoms with E-state index >= 15 is 0 Å². The van der Waals surface area contributed by atoms with E-state index in [1.54, 1.807) is 12.1 Å². The Hall–Kier alpha value is -3.75. The number of rotatable bonds is 7. The number of nitrogens with one attached hydrogen (secondary N) is 1. The normalized spacial score (nSPS) is 23.0. The van der Waals surface area contributed by atoms with Gasteiger partial charge in [-0.25, -0.2) is 17.8 Å². The number of benzene rings is 2. The van der Waals surface area contributed by atoms with Crippen molar-refractivity contribution < 1.29 is 26.8 Å². The van der Waals surface area contributed by atoms with E-state index in [2.05, 4.69) is 16.3 Å². The van der Waals surface area contributed by atoms with Gasteiger partial charge in [-0.15, -0.1) is 0 Å². The molecular formula is C33H37FN4O5S. The summed E-state index contributed by atoms with van der Waals surface area (Å²) in [6.07, 6.45) is 4.71. The summed E-state index contributed by atoms with van der Waals surface area (Å²) in [5.41, 5.74) is 3.00. The van der Waals surface area contributed by atoms with Gasteiger partial charge in [0.2, 0.25) is 11.8 Å². The van der Waals surface area contributed by atoms with Gasteiger partial charge in [-0.1, -0.05) is 25.0 Å². The summed E-state index contributed by atoms with van der Waals surface area (Å²) in [5, 5.41) is 13.0. The van der Waals surface area contributed by atoms with E-state index in [4.69, 9.17) is 14.1 Å². The molecule has 3 atom stereocenters. The van der Waals surface area contributed by atoms with Gasteiger partial charge in [-0.05, 0) is 68.0 Å². The van der Waals surface area contributed by atoms with Gasteiger partial charge in [0.05, 0.1) is 17.6 Å². The van der Waals surface area contributed by atoms with Crippen LogP contribution in [0.25, 0.3) is 22.7 Å². The predicted octanol–water partition coefficient (Wildman–Crippen LogP) is 5.09. The summed E-state index contributed by atoms with van der Waals surface area (Å²) in [4.78, 5) is 20.7. The summed E-state index contributed by atoms with van der Waals surface area (Å²) in [5.74, 6) is 0.150. The van der Waals surface area contributed by atoms with Gasteiger partial charge in [-0.2, -0.15) is 5.26 Å². The molecule has 0 bridgehead atoms. The first-order valence-corrected chi connectivity index (χ1v) is 17.2. The number of oxazole rings is 1. The highest BCUT2D eigenvalue weighted by Gasteiger charge is 2.38. The minimum absolute atomic E-state index is 0.0594. The van der Waals surface area contributed by atoms with Crippen molar-refractivity contribution in [1.82, 2.24) is 10.3 Å². The molecule has 2 saturated heterocycles. The molecule has 44 heavy (non-hydrogen) atoms. The number of amides is 1. The molecule has 1 saturated carbocycles. The van der Waals surface area contributed by atoms with Gasteiger partial charge in [0, 0.05) is 55.0 Å². The zero-order valence-corrected chi connectivity index (χ0v) is 25.4. The van der Waals surface area contributed by atoms with E-state index in [-0.39, 0.29) is 41.0 Å². The number of carbonyl (C=O) groups excluding carboxylic acids is 1. The zero-order chi connectivity index (χ0) is 30.7. The number of hydrogen-bond donors (Lipinski definition) is 1. The van der Waals surface area contributed by atoms with Crippen LogP contribution >= 0.6 is 0 Å². The Kier molecular flexibility index (Phi) is 9.01. The third kappa shape index (κ3) is 6.66. The standard InChI is InChI=1S/C33H37FN4O5S/c34-25-9-5-24(6-10-25)33-37-30(23-7-11-26(12-8-23)38-15-19-44(40,41)20-16-38)31(43-33)27-3-1-2-4-28(27)32(39)36-29(21-35)22-13-17-42-18-14-22/h5-12,22,27-29H,1-4,13-20H2,(H,36,39)/t27?,28?,29-/m1/s1. The zero-order valence-electron chi connectivity index (χ0n) is 24.6. The average Bonchev–Trinajstić information content (AvgIpc) is 3.50. The van der Waals surface area contributed by atoms with Crippen molar-refractivity contribution >= 4 is 21.4 Å². The van der Waals surface area contributed by atoms with E-state index < -0.39 is 15.9 Å². The van der Waals surface area contributed by atoms with Crippen LogP contribution in [0.1, 0.15) is 50.2 Å². The second-order valence-corrected chi connectivity index (χ2v) is 14.3. The van der Waals surface area contributed by atoms with E-state index in [0.717, 1.165) is 43.4 Å². The summed E-state index contributed by atoms with van der Waals surface area (Å²) in [6.45, 7) is 2.08. The van der Waals surface area contributed by atoms with Crippen LogP contribution in [0.3, 0.4) is 0 Å². The minimum Gasteiger partial charge on any atom is -0.440 e. The van der Waals surface area contributed by atoms with Gasteiger partial charge in [0.15, 0.2) is 9.84 Å². The highest BCUT2D eigenvalue weighted by atomic mass is 32.2. The third-order valence-electron chi connectivity index (χ3n) is 9.21. The van der Waals surface area contributed by atoms with Crippen LogP contribution in [0.4, 0.5) is 10.1 Å². The summed E-state index contributed by atoms with van der Waals surface area (Å²) in [6, 6.07) is 15.5. The lowest BCUT2D eigenvalue weighted by molar-refractivity contribution is -0.127. The highest BCUT2D eigenvalue weighted by Crippen LogP contribution is 2.44. The molecule has 1 aromatic heterocycles. The number of sulfone groups is 1. The first-order valence-electron chi connectivity index (χ1n) is 15.4. The summed E-state index contributed by atoms with van der Waals surface area (Å²) < 4.78 is 49.4. The number of hydrogen-bond acceptors (Lipinski definition) is 8. The molecule has 11 heteroatoms. The van der Waals surface area contributed by atoms with E-state index in [9.17, 15) is 22.9 Å². The van der Waals surface area contributed by atoms with E-state index in [0.29, 0.717) is 55.6 Å². The van der Waals surface area contributed by atoms with Gasteiger partial charge in [0.25, 0.3) is 0 Å². The number of nitriles is 1. The number of ether oxygens (including phenoxy) is 1. The molecule has 6 rings (SSSR count). The fraction of sp³-hybridized carbons (Fsp3) is 0.485. The summed E-state index contributed by atoms with van der Waals surface area (Å²) >= 11 is 0. The van der Waals surface area contributed by atoms with Gasteiger partial charge < -0.3 is 19.4 Å². The number of halogens is 1. The van der Waals surface area contributed by atoms with Crippen LogP contribution < -0.4 is 10.2 Å². The first-order chi connectivity index (χ1) is 21.3. The fourth-order valence-corrected chi connectivity index (χ4v) is 7.83. The van der Waals surface area contributed by atoms with Crippen molar-refractivity contribution in [3.05, 3.63) is 60.1 Å². The second kappa shape index (κ2) is 13.1. The maximum atomic E-state index is 13.8. The molecule has 3 aliphatic rings. The van der Waals surface area contributed by atoms with Crippen LogP contribution in [0.5, 0.6) is 0 Å². The van der Waals surface area contributed by atoms with Crippen molar-refractivity contribution in [1.29, 1.82) is 5.26 Å². The van der Waals surface area contributed by atoms with Crippen LogP contribution in [-0.4, -0.2) is 63.2 Å². The smallest absolute Gasteiger partial charge is 0.226 e. The Morgan fingerprint density at radius 2 is 1.64 bits per heavy atom. The number of anilines is 1. The molecule has 9 nitrogen and oxygen atoms in total. The molecule has 3 aromatic rings. The van der Waals surface area contributed by atoms with Crippen molar-refractivity contribution in [3.8, 4) is 28.8 Å². The number of nitrogens with zero attached hydrogens (tertiary/aromatic N) is 3. The van der Waals surface area contributed by atoms with Gasteiger partial charge in [0.1, 0.15) is 23.3 Å². The Bertz CT molecular complexity index is 1600. The Balaban J connectivity index is 1.31. The second-order valence-electron chi connectivity index (χ2n) is 12.0. The van der Waals surface area contributed by atoms with Crippen molar-refractivity contribution in [2.45, 2.75) is 50.5 Å². The molecule has 2 aromatic carbocycles. The molecule has 0 radical (unpaired) electrons. The molecule has 2 aliphatic heterocycles. The molecule has 3 fully saturated rings. The largest absolute Gasteiger partial charge is 0.440 e. The highest BCUT2D eigenvalue weighted by molar-refractivity contribution is 7.91. The Morgan fingerprint density at radius 1 is 0.977 bits per heavy atom. The molecule has 0 spiro atoms. The third-order valence-corrected chi connectivity index (χ3v) is 10.8. The van der Waals surface area contributed by atoms with Gasteiger partial charge >= 0.3 is 0 Å². The van der Waals surface area contributed by atoms with Crippen LogP contribution in [0.15, 0.2) is 52.9 Å². The van der Waals surface area contributed by atoms with Crippen molar-refractivity contribution in [2.24, 2.45) is 11.8 Å². The maximum absolute atomic E-state index is 13.8. The van der Waals surface area contributed by atoms with Crippen LogP contribution in [0.2, 0.25) is 0 Å². The Morgan fingerprint density at radius 3 is 2.32 bits per heavy atom. The topological polar surface area (TPSA) is 126 Å². The lowest BCUT2D eigenvalue weighted by Gasteiger charge is -2.32. The van der Waals surface area contributed by atoms with E-state index in [1.807, 2.05) is 24.3 Å². The first kappa shape index (κ1) is 30.3. The number of carbonyl (C=O) groups is 1. The molecular weight excluding hydrogens is 583 g/mol. The number of aromatic nitrogens is 1. The monoisotopic (exact) mass is 620 g/mol. The maximum Gasteiger partial charge on any atom is 0.226 e. The predicted molar refractivity (Wildman–Crippen MR) is 164 cm³/mol. The molecule has 2 unspecified atom stereocenters. The SMILES string of the molecule is N#C[C@@H](NC(=O)C1CCCCC1c1oc(-c2ccc(F)cc2)nc1-c1ccc(N2CCS(=O)(=O)CC2)cc1)C1CCOCC1. The quantitative estimate of drug-likeness (QED) is 0.387. The lowest BCUT2D eigenvalue weighted by atomic mass is 9.76. The van der Waals surface area contributed by atoms with Crippen molar-refractivity contribution in [2.75, 3.05) is 42.7 Å². The molecule has 1 aliphatic carbocycles. The minimum atomic E-state index is -2.99. The lowest BCUT2D eigenvalue weighted by Crippen LogP contribution is -2.45. The summed E-state index contributed by atoms with van der Waals surface area (Å²) in [7, 11) is -2.99. The Labute approximate surface area is 257 Å². The fourth-order valence-electron chi connectivity index (χ4n) is 6.63. The molecule has 3 heterocycles. The van der Waals surface area contributed by atoms with Crippen LogP contribution in [0, 0.1) is 29.0 Å². The van der Waals surface area contributed by atoms with Gasteiger partial charge in [-0.3, -0.25) is 4.79 Å². The average molecular weight is 621 g/mol. The van der Waals surface area contributed by atoms with Crippen molar-refractivity contribution in [3.63, 3.8) is 0 Å².